The zero-order chi connectivity index (χ0) is 12.7. The first kappa shape index (κ1) is 18.7. The largest absolute Gasteiger partial charge is 1.00 e. The molecule has 0 fully saturated rings. The Morgan fingerprint density at radius 1 is 1.56 bits per heavy atom. The third kappa shape index (κ3) is 6.71. The van der Waals surface area contributed by atoms with Crippen LogP contribution >= 0.6 is 34.6 Å². The molecule has 5 nitrogen and oxygen atoms in total. The van der Waals surface area contributed by atoms with Gasteiger partial charge in [-0.15, -0.1) is 0 Å². The number of alkyl halides is 1. The van der Waals surface area contributed by atoms with E-state index in [1.54, 1.807) is 18.2 Å². The van der Waals surface area contributed by atoms with Crippen LogP contribution < -0.4 is 40.1 Å². The predicted octanol–water partition coefficient (Wildman–Crippen LogP) is -1.01. The van der Waals surface area contributed by atoms with E-state index in [0.29, 0.717) is 6.42 Å². The van der Waals surface area contributed by atoms with Crippen LogP contribution in [0.1, 0.15) is 12.0 Å². The first-order valence-electron chi connectivity index (χ1n) is 4.77. The van der Waals surface area contributed by atoms with Gasteiger partial charge in [0.2, 0.25) is 5.91 Å². The zero-order valence-electron chi connectivity index (χ0n) is 10.1. The minimum absolute atomic E-state index is 0. The van der Waals surface area contributed by atoms with Crippen LogP contribution in [0.4, 0.5) is 5.69 Å². The molecule has 8 heteroatoms. The molecule has 1 aromatic carbocycles. The number of carbonyl (C=O) groups is 1. The van der Waals surface area contributed by atoms with E-state index in [1.807, 2.05) is 6.92 Å². The van der Waals surface area contributed by atoms with Crippen LogP contribution in [-0.2, 0) is 14.2 Å². The number of carbonyl (C=O) groups excluding carboxylic acids is 1. The van der Waals surface area contributed by atoms with Crippen LogP contribution in [0.2, 0.25) is 0 Å². The van der Waals surface area contributed by atoms with Crippen molar-refractivity contribution < 1.29 is 49.0 Å². The number of nitrogens with one attached hydrogen (secondary N) is 1. The summed E-state index contributed by atoms with van der Waals surface area (Å²) >= 11 is 2.97. The molecule has 94 valence electrons. The van der Waals surface area contributed by atoms with Crippen LogP contribution in [0.3, 0.4) is 0 Å². The van der Waals surface area contributed by atoms with E-state index in [2.05, 4.69) is 37.3 Å². The fourth-order valence-electron chi connectivity index (χ4n) is 1.18. The van der Waals surface area contributed by atoms with Crippen molar-refractivity contribution >= 4 is 46.2 Å². The van der Waals surface area contributed by atoms with Gasteiger partial charge in [-0.25, -0.2) is 0 Å². The summed E-state index contributed by atoms with van der Waals surface area (Å²) in [6, 6.07) is 5.29. The van der Waals surface area contributed by atoms with Gasteiger partial charge in [0.05, 0.1) is 12.0 Å². The first-order valence-corrected chi connectivity index (χ1v) is 7.03. The minimum Gasteiger partial charge on any atom is -0.691 e. The smallest absolute Gasteiger partial charge is 0.691 e. The molecule has 0 radical (unpaired) electrons. The third-order valence-electron chi connectivity index (χ3n) is 1.95. The van der Waals surface area contributed by atoms with Crippen LogP contribution in [0.25, 0.3) is 0 Å². The van der Waals surface area contributed by atoms with Gasteiger partial charge in [-0.2, -0.15) is 4.33 Å². The van der Waals surface area contributed by atoms with Gasteiger partial charge in [-0.3, -0.25) is 9.83 Å². The van der Waals surface area contributed by atoms with Gasteiger partial charge in [0.25, 0.3) is 0 Å². The van der Waals surface area contributed by atoms with E-state index < -0.39 is 0 Å². The molecule has 0 unspecified atom stereocenters. The van der Waals surface area contributed by atoms with Crippen molar-refractivity contribution in [2.24, 2.45) is 0 Å². The Morgan fingerprint density at radius 2 is 2.28 bits per heavy atom. The number of anilines is 1. The van der Waals surface area contributed by atoms with E-state index in [0.717, 1.165) is 32.6 Å². The maximum atomic E-state index is 11.4. The summed E-state index contributed by atoms with van der Waals surface area (Å²) in [6.07, 6.45) is 0.490. The zero-order valence-corrected chi connectivity index (χ0v) is 15.0. The van der Waals surface area contributed by atoms with Crippen LogP contribution in [0, 0.1) is 6.92 Å². The molecule has 0 saturated carbocycles. The molecule has 1 aromatic rings. The molecule has 0 aromatic heterocycles. The maximum Gasteiger partial charge on any atom is 1.00 e. The van der Waals surface area contributed by atoms with Gasteiger partial charge in [0, 0.05) is 21.4 Å². The van der Waals surface area contributed by atoms with Crippen molar-refractivity contribution in [3.63, 3.8) is 0 Å². The van der Waals surface area contributed by atoms with Crippen molar-refractivity contribution in [2.45, 2.75) is 18.2 Å². The number of hydrogen-bond acceptors (Lipinski definition) is 5. The quantitative estimate of drug-likeness (QED) is 0.168. The molecule has 0 saturated heterocycles. The number of benzene rings is 1. The second-order valence-electron chi connectivity index (χ2n) is 3.18. The second kappa shape index (κ2) is 10.4. The Morgan fingerprint density at radius 3 is 2.83 bits per heavy atom. The van der Waals surface area contributed by atoms with Crippen molar-refractivity contribution in [1.29, 1.82) is 0 Å². The van der Waals surface area contributed by atoms with E-state index in [1.165, 1.54) is 0 Å². The summed E-state index contributed by atoms with van der Waals surface area (Å²) < 4.78 is 4.99. The van der Waals surface area contributed by atoms with Gasteiger partial charge in [0.15, 0.2) is 0 Å². The van der Waals surface area contributed by atoms with Crippen molar-refractivity contribution in [2.75, 3.05) is 9.74 Å². The third-order valence-corrected chi connectivity index (χ3v) is 3.06. The van der Waals surface area contributed by atoms with Gasteiger partial charge < -0.3 is 10.6 Å². The average Bonchev–Trinajstić information content (AvgIpc) is 2.30. The first-order chi connectivity index (χ1) is 8.17. The molecule has 0 aliphatic heterocycles. The molecule has 0 bridgehead atoms. The number of rotatable bonds is 6. The van der Waals surface area contributed by atoms with E-state index in [9.17, 15) is 10.1 Å². The summed E-state index contributed by atoms with van der Waals surface area (Å²) in [5, 5.41) is 15.7. The van der Waals surface area contributed by atoms with Crippen molar-refractivity contribution in [1.82, 2.24) is 0 Å². The molecule has 0 aliphatic rings. The molecular weight excluding hydrogens is 380 g/mol. The van der Waals surface area contributed by atoms with Crippen LogP contribution in [-0.4, -0.2) is 10.3 Å². The van der Waals surface area contributed by atoms with Crippen molar-refractivity contribution in [3.8, 4) is 0 Å². The fraction of sp³-hybridized carbons (Fsp3) is 0.300. The Labute approximate surface area is 145 Å². The number of hydrogen-bond donors (Lipinski definition) is 1. The van der Waals surface area contributed by atoms with E-state index in [4.69, 9.17) is 0 Å². The molecular formula is C10H11INNaO4S. The molecule has 1 amide bonds. The summed E-state index contributed by atoms with van der Waals surface area (Å²) in [4.78, 5) is 12.1. The van der Waals surface area contributed by atoms with Gasteiger partial charge >= 0.3 is 29.6 Å². The number of amides is 1. The fourth-order valence-corrected chi connectivity index (χ4v) is 2.12. The normalized spacial score (nSPS) is 9.72. The van der Waals surface area contributed by atoms with E-state index in [-0.39, 0.29) is 35.5 Å². The molecule has 1 N–H and O–H groups in total. The van der Waals surface area contributed by atoms with Crippen LogP contribution in [0.5, 0.6) is 0 Å². The standard InChI is InChI=1S/C10H12INO4S.Na/c1-7-6-8(17-16-15-14)2-3-9(7)12-10(13)4-5-11;/h2-3,6,14H,4-5H2,1H3,(H,12,13);/q;+1/p-1. The number of aryl methyl sites for hydroxylation is 1. The summed E-state index contributed by atoms with van der Waals surface area (Å²) in [7, 11) is 0. The monoisotopic (exact) mass is 391 g/mol. The molecule has 0 spiro atoms. The van der Waals surface area contributed by atoms with E-state index >= 15 is 0 Å². The Bertz CT molecular complexity index is 394. The molecule has 0 heterocycles. The molecule has 0 aliphatic carbocycles. The predicted molar refractivity (Wildman–Crippen MR) is 71.3 cm³/mol. The average molecular weight is 391 g/mol. The summed E-state index contributed by atoms with van der Waals surface area (Å²) in [5.41, 5.74) is 1.65. The van der Waals surface area contributed by atoms with Crippen LogP contribution in [0.15, 0.2) is 23.1 Å². The Hall–Kier alpha value is 0.650. The summed E-state index contributed by atoms with van der Waals surface area (Å²) in [6.45, 7) is 1.86. The Balaban J connectivity index is 0.00000289. The van der Waals surface area contributed by atoms with Crippen molar-refractivity contribution in [3.05, 3.63) is 23.8 Å². The molecule has 18 heavy (non-hydrogen) atoms. The molecule has 0 atom stereocenters. The second-order valence-corrected chi connectivity index (χ2v) is 5.04. The van der Waals surface area contributed by atoms with Gasteiger partial charge in [0.1, 0.15) is 0 Å². The maximum absolute atomic E-state index is 11.4. The van der Waals surface area contributed by atoms with Gasteiger partial charge in [-0.1, -0.05) is 22.6 Å². The Kier molecular flexibility index (Phi) is 10.8. The SMILES string of the molecule is Cc1cc(SOO[O-])ccc1NC(=O)CCI.[Na+]. The van der Waals surface area contributed by atoms with Gasteiger partial charge in [-0.05, 0) is 30.7 Å². The minimum atomic E-state index is -0.0120. The number of halogens is 1. The summed E-state index contributed by atoms with van der Waals surface area (Å²) in [5.74, 6) is -0.0120. The topological polar surface area (TPSA) is 70.6 Å². The molecule has 1 rings (SSSR count).